The number of carbonyl (C=O) groups excluding carboxylic acids is 1. The normalized spacial score (nSPS) is 14.2. The monoisotopic (exact) mass is 367 g/mol. The quantitative estimate of drug-likeness (QED) is 0.753. The first-order valence-electron chi connectivity index (χ1n) is 8.70. The molecule has 0 saturated carbocycles. The molecule has 0 aliphatic carbocycles. The van der Waals surface area contributed by atoms with E-state index in [4.69, 9.17) is 0 Å². The van der Waals surface area contributed by atoms with Crippen LogP contribution in [0, 0.1) is 0 Å². The summed E-state index contributed by atoms with van der Waals surface area (Å²) in [6.07, 6.45) is 1.99. The number of nitrogens with one attached hydrogen (secondary N) is 1. The van der Waals surface area contributed by atoms with Crippen molar-refractivity contribution in [1.29, 1.82) is 0 Å². The van der Waals surface area contributed by atoms with E-state index in [0.717, 1.165) is 36.9 Å². The molecule has 6 nitrogen and oxygen atoms in total. The minimum atomic E-state index is -0.0305. The molecule has 1 N–H and O–H groups in total. The maximum absolute atomic E-state index is 11.1. The first kappa shape index (κ1) is 16.9. The summed E-state index contributed by atoms with van der Waals surface area (Å²) in [7, 11) is 0. The van der Waals surface area contributed by atoms with Crippen LogP contribution in [0.5, 0.6) is 0 Å². The number of thiazole rings is 1. The van der Waals surface area contributed by atoms with Gasteiger partial charge in [0, 0.05) is 43.2 Å². The summed E-state index contributed by atoms with van der Waals surface area (Å²) in [5.41, 5.74) is 3.29. The predicted octanol–water partition coefficient (Wildman–Crippen LogP) is 2.66. The summed E-state index contributed by atoms with van der Waals surface area (Å²) >= 11 is 1.75. The average molecular weight is 367 g/mol. The lowest BCUT2D eigenvalue weighted by Crippen LogP contribution is -2.33. The number of aromatic nitrogens is 3. The summed E-state index contributed by atoms with van der Waals surface area (Å²) in [5, 5.41) is 8.45. The lowest BCUT2D eigenvalue weighted by Gasteiger charge is -2.26. The third-order valence-electron chi connectivity index (χ3n) is 4.40. The standard InChI is InChI=1S/C19H21N5OS/c1-14(25)20-10-16-9-17-12-23(7-8-24(17)22-16)13-18-11-21-19(26-18)15-5-3-2-4-6-15/h2-6,9,11H,7-8,10,12-13H2,1H3,(H,20,25). The van der Waals surface area contributed by atoms with Crippen molar-refractivity contribution in [2.24, 2.45) is 0 Å². The number of carbonyl (C=O) groups is 1. The maximum Gasteiger partial charge on any atom is 0.217 e. The zero-order chi connectivity index (χ0) is 17.9. The Morgan fingerprint density at radius 2 is 2.12 bits per heavy atom. The van der Waals surface area contributed by atoms with Crippen LogP contribution in [0.2, 0.25) is 0 Å². The van der Waals surface area contributed by atoms with Crippen LogP contribution in [0.25, 0.3) is 10.6 Å². The molecule has 26 heavy (non-hydrogen) atoms. The lowest BCUT2D eigenvalue weighted by atomic mass is 10.2. The van der Waals surface area contributed by atoms with Crippen molar-refractivity contribution in [3.05, 3.63) is 58.9 Å². The minimum Gasteiger partial charge on any atom is -0.351 e. The van der Waals surface area contributed by atoms with Gasteiger partial charge in [0.05, 0.1) is 24.5 Å². The molecule has 0 saturated heterocycles. The number of amides is 1. The van der Waals surface area contributed by atoms with Gasteiger partial charge in [-0.15, -0.1) is 11.3 Å². The van der Waals surface area contributed by atoms with Crippen molar-refractivity contribution in [1.82, 2.24) is 25.0 Å². The third kappa shape index (κ3) is 3.84. The Bertz CT molecular complexity index is 902. The van der Waals surface area contributed by atoms with Crippen LogP contribution in [0.3, 0.4) is 0 Å². The van der Waals surface area contributed by atoms with Crippen LogP contribution in [-0.4, -0.2) is 32.1 Å². The Morgan fingerprint density at radius 1 is 1.27 bits per heavy atom. The number of hydrogen-bond acceptors (Lipinski definition) is 5. The van der Waals surface area contributed by atoms with E-state index in [1.54, 1.807) is 11.3 Å². The SMILES string of the molecule is CC(=O)NCc1cc2n(n1)CCN(Cc1cnc(-c3ccccc3)s1)C2. The summed E-state index contributed by atoms with van der Waals surface area (Å²) in [5.74, 6) is -0.0305. The molecule has 0 unspecified atom stereocenters. The molecule has 0 radical (unpaired) electrons. The van der Waals surface area contributed by atoms with Gasteiger partial charge in [0.25, 0.3) is 0 Å². The second-order valence-electron chi connectivity index (χ2n) is 6.47. The van der Waals surface area contributed by atoms with E-state index in [1.165, 1.54) is 23.1 Å². The topological polar surface area (TPSA) is 63.1 Å². The average Bonchev–Trinajstić information content (AvgIpc) is 3.27. The summed E-state index contributed by atoms with van der Waals surface area (Å²) in [6.45, 7) is 5.62. The van der Waals surface area contributed by atoms with Gasteiger partial charge in [-0.25, -0.2) is 4.98 Å². The largest absolute Gasteiger partial charge is 0.351 e. The van der Waals surface area contributed by atoms with Gasteiger partial charge in [0.2, 0.25) is 5.91 Å². The van der Waals surface area contributed by atoms with Gasteiger partial charge in [-0.1, -0.05) is 30.3 Å². The van der Waals surface area contributed by atoms with E-state index in [9.17, 15) is 4.79 Å². The van der Waals surface area contributed by atoms with E-state index in [0.29, 0.717) is 6.54 Å². The Hall–Kier alpha value is -2.51. The highest BCUT2D eigenvalue weighted by molar-refractivity contribution is 7.15. The first-order valence-corrected chi connectivity index (χ1v) is 9.51. The predicted molar refractivity (Wildman–Crippen MR) is 101 cm³/mol. The van der Waals surface area contributed by atoms with E-state index in [2.05, 4.69) is 43.2 Å². The first-order chi connectivity index (χ1) is 12.7. The molecule has 2 aromatic heterocycles. The van der Waals surface area contributed by atoms with Crippen molar-refractivity contribution in [2.75, 3.05) is 6.54 Å². The molecule has 0 bridgehead atoms. The summed E-state index contributed by atoms with van der Waals surface area (Å²) in [4.78, 5) is 19.3. The molecular formula is C19H21N5OS. The molecule has 0 spiro atoms. The fourth-order valence-electron chi connectivity index (χ4n) is 3.13. The zero-order valence-electron chi connectivity index (χ0n) is 14.7. The van der Waals surface area contributed by atoms with Crippen LogP contribution < -0.4 is 5.32 Å². The second kappa shape index (κ2) is 7.39. The highest BCUT2D eigenvalue weighted by Crippen LogP contribution is 2.26. The lowest BCUT2D eigenvalue weighted by molar-refractivity contribution is -0.119. The van der Waals surface area contributed by atoms with Gasteiger partial charge in [-0.05, 0) is 6.07 Å². The van der Waals surface area contributed by atoms with E-state index >= 15 is 0 Å². The van der Waals surface area contributed by atoms with E-state index in [1.807, 2.05) is 24.4 Å². The fourth-order valence-corrected chi connectivity index (χ4v) is 4.09. The molecule has 3 aromatic rings. The Balaban J connectivity index is 1.40. The summed E-state index contributed by atoms with van der Waals surface area (Å²) < 4.78 is 2.05. The number of hydrogen-bond donors (Lipinski definition) is 1. The molecule has 1 aliphatic rings. The number of benzene rings is 1. The van der Waals surface area contributed by atoms with Crippen LogP contribution in [0.4, 0.5) is 0 Å². The van der Waals surface area contributed by atoms with Gasteiger partial charge in [0.1, 0.15) is 5.01 Å². The van der Waals surface area contributed by atoms with Crippen LogP contribution in [0.15, 0.2) is 42.6 Å². The van der Waals surface area contributed by atoms with Gasteiger partial charge in [0.15, 0.2) is 0 Å². The van der Waals surface area contributed by atoms with Gasteiger partial charge < -0.3 is 5.32 Å². The molecule has 0 fully saturated rings. The highest BCUT2D eigenvalue weighted by Gasteiger charge is 2.19. The smallest absolute Gasteiger partial charge is 0.217 e. The van der Waals surface area contributed by atoms with Crippen molar-refractivity contribution in [3.63, 3.8) is 0 Å². The summed E-state index contributed by atoms with van der Waals surface area (Å²) in [6, 6.07) is 12.4. The molecule has 3 heterocycles. The zero-order valence-corrected chi connectivity index (χ0v) is 15.5. The van der Waals surface area contributed by atoms with Crippen molar-refractivity contribution >= 4 is 17.2 Å². The van der Waals surface area contributed by atoms with Crippen molar-refractivity contribution in [2.45, 2.75) is 33.1 Å². The van der Waals surface area contributed by atoms with Gasteiger partial charge >= 0.3 is 0 Å². The second-order valence-corrected chi connectivity index (χ2v) is 7.58. The molecule has 4 rings (SSSR count). The molecule has 1 amide bonds. The molecule has 1 aromatic carbocycles. The fraction of sp³-hybridized carbons (Fsp3) is 0.316. The van der Waals surface area contributed by atoms with E-state index in [-0.39, 0.29) is 5.91 Å². The molecule has 7 heteroatoms. The third-order valence-corrected chi connectivity index (χ3v) is 5.43. The Kier molecular flexibility index (Phi) is 4.81. The van der Waals surface area contributed by atoms with Gasteiger partial charge in [-0.2, -0.15) is 5.10 Å². The van der Waals surface area contributed by atoms with Crippen LogP contribution >= 0.6 is 11.3 Å². The molecule has 0 atom stereocenters. The van der Waals surface area contributed by atoms with Crippen LogP contribution in [-0.2, 0) is 31.0 Å². The van der Waals surface area contributed by atoms with Crippen molar-refractivity contribution < 1.29 is 4.79 Å². The molecule has 1 aliphatic heterocycles. The van der Waals surface area contributed by atoms with Crippen molar-refractivity contribution in [3.8, 4) is 10.6 Å². The maximum atomic E-state index is 11.1. The minimum absolute atomic E-state index is 0.0305. The van der Waals surface area contributed by atoms with Gasteiger partial charge in [-0.3, -0.25) is 14.4 Å². The number of rotatable bonds is 5. The Morgan fingerprint density at radius 3 is 2.92 bits per heavy atom. The number of fused-ring (bicyclic) bond motifs is 1. The van der Waals surface area contributed by atoms with Crippen LogP contribution in [0.1, 0.15) is 23.2 Å². The molecule has 134 valence electrons. The van der Waals surface area contributed by atoms with E-state index < -0.39 is 0 Å². The highest BCUT2D eigenvalue weighted by atomic mass is 32.1. The molecular weight excluding hydrogens is 346 g/mol. The Labute approximate surface area is 156 Å². The number of nitrogens with zero attached hydrogens (tertiary/aromatic N) is 4.